The third-order valence-corrected chi connectivity index (χ3v) is 4.24. The number of hydrogen-bond acceptors (Lipinski definition) is 3. The molecule has 1 aromatic carbocycles. The van der Waals surface area contributed by atoms with Crippen LogP contribution >= 0.6 is 0 Å². The van der Waals surface area contributed by atoms with Crippen molar-refractivity contribution in [2.24, 2.45) is 0 Å². The van der Waals surface area contributed by atoms with Crippen molar-refractivity contribution in [3.05, 3.63) is 29.3 Å². The molecule has 1 aliphatic rings. The molecule has 1 unspecified atom stereocenters. The van der Waals surface area contributed by atoms with Gasteiger partial charge in [-0.25, -0.2) is 0 Å². The Labute approximate surface area is 117 Å². The van der Waals surface area contributed by atoms with E-state index >= 15 is 0 Å². The SMILES string of the molecule is Cc1ccc(N(C)CC(C)N2CCNCC2)cc1C. The third kappa shape index (κ3) is 3.71. The number of anilines is 1. The Morgan fingerprint density at radius 3 is 2.53 bits per heavy atom. The molecule has 3 nitrogen and oxygen atoms in total. The van der Waals surface area contributed by atoms with Gasteiger partial charge in [0.15, 0.2) is 0 Å². The second kappa shape index (κ2) is 6.40. The molecule has 0 spiro atoms. The van der Waals surface area contributed by atoms with E-state index in [1.807, 2.05) is 0 Å². The molecule has 0 aliphatic carbocycles. The summed E-state index contributed by atoms with van der Waals surface area (Å²) in [5, 5.41) is 3.41. The van der Waals surface area contributed by atoms with Gasteiger partial charge < -0.3 is 10.2 Å². The first-order valence-corrected chi connectivity index (χ1v) is 7.31. The number of nitrogens with zero attached hydrogens (tertiary/aromatic N) is 2. The molecule has 1 aromatic rings. The van der Waals surface area contributed by atoms with Crippen LogP contribution in [0.1, 0.15) is 18.1 Å². The molecule has 19 heavy (non-hydrogen) atoms. The van der Waals surface area contributed by atoms with E-state index in [4.69, 9.17) is 0 Å². The zero-order valence-corrected chi connectivity index (χ0v) is 12.7. The molecule has 0 amide bonds. The lowest BCUT2D eigenvalue weighted by molar-refractivity contribution is 0.187. The van der Waals surface area contributed by atoms with Crippen molar-refractivity contribution in [2.45, 2.75) is 26.8 Å². The molecule has 2 rings (SSSR count). The molecule has 106 valence electrons. The van der Waals surface area contributed by atoms with Crippen LogP contribution in [0.4, 0.5) is 5.69 Å². The van der Waals surface area contributed by atoms with Crippen LogP contribution in [0.15, 0.2) is 18.2 Å². The third-order valence-electron chi connectivity index (χ3n) is 4.24. The van der Waals surface area contributed by atoms with E-state index < -0.39 is 0 Å². The van der Waals surface area contributed by atoms with Crippen molar-refractivity contribution in [2.75, 3.05) is 44.7 Å². The Bertz CT molecular complexity index is 410. The molecule has 0 radical (unpaired) electrons. The fraction of sp³-hybridized carbons (Fsp3) is 0.625. The topological polar surface area (TPSA) is 18.5 Å². The molecule has 0 aromatic heterocycles. The summed E-state index contributed by atoms with van der Waals surface area (Å²) in [6.07, 6.45) is 0. The first kappa shape index (κ1) is 14.4. The van der Waals surface area contributed by atoms with Gasteiger partial charge in [-0.15, -0.1) is 0 Å². The van der Waals surface area contributed by atoms with E-state index in [2.05, 4.69) is 61.1 Å². The first-order valence-electron chi connectivity index (χ1n) is 7.31. The largest absolute Gasteiger partial charge is 0.373 e. The smallest absolute Gasteiger partial charge is 0.0366 e. The standard InChI is InChI=1S/C16H27N3/c1-13-5-6-16(11-14(13)2)18(4)12-15(3)19-9-7-17-8-10-19/h5-6,11,15,17H,7-10,12H2,1-4H3. The second-order valence-corrected chi connectivity index (χ2v) is 5.78. The first-order chi connectivity index (χ1) is 9.08. The highest BCUT2D eigenvalue weighted by molar-refractivity contribution is 5.50. The Balaban J connectivity index is 1.95. The minimum Gasteiger partial charge on any atom is -0.373 e. The number of likely N-dealkylation sites (N-methyl/N-ethyl adjacent to an activating group) is 1. The van der Waals surface area contributed by atoms with Crippen LogP contribution in [-0.2, 0) is 0 Å². The maximum atomic E-state index is 3.41. The van der Waals surface area contributed by atoms with Gasteiger partial charge >= 0.3 is 0 Å². The molecule has 1 aliphatic heterocycles. The van der Waals surface area contributed by atoms with E-state index in [0.29, 0.717) is 6.04 Å². The van der Waals surface area contributed by atoms with Crippen molar-refractivity contribution in [3.63, 3.8) is 0 Å². The summed E-state index contributed by atoms with van der Waals surface area (Å²) in [5.74, 6) is 0. The van der Waals surface area contributed by atoms with Crippen LogP contribution in [0.2, 0.25) is 0 Å². The molecule has 1 heterocycles. The van der Waals surface area contributed by atoms with E-state index in [-0.39, 0.29) is 0 Å². The van der Waals surface area contributed by atoms with E-state index in [9.17, 15) is 0 Å². The fourth-order valence-electron chi connectivity index (χ4n) is 2.70. The highest BCUT2D eigenvalue weighted by Crippen LogP contribution is 2.18. The molecule has 3 heteroatoms. The predicted octanol–water partition coefficient (Wildman–Crippen LogP) is 2.03. The number of piperazine rings is 1. The average molecular weight is 261 g/mol. The molecular weight excluding hydrogens is 234 g/mol. The quantitative estimate of drug-likeness (QED) is 0.895. The van der Waals surface area contributed by atoms with Gasteiger partial charge in [0.05, 0.1) is 0 Å². The maximum Gasteiger partial charge on any atom is 0.0366 e. The maximum absolute atomic E-state index is 3.41. The lowest BCUT2D eigenvalue weighted by atomic mass is 10.1. The minimum atomic E-state index is 0.605. The van der Waals surface area contributed by atoms with Crippen LogP contribution in [0.3, 0.4) is 0 Å². The van der Waals surface area contributed by atoms with Gasteiger partial charge in [-0.1, -0.05) is 6.07 Å². The molecular formula is C16H27N3. The Kier molecular flexibility index (Phi) is 4.83. The Morgan fingerprint density at radius 2 is 1.89 bits per heavy atom. The Hall–Kier alpha value is -1.06. The number of hydrogen-bond donors (Lipinski definition) is 1. The summed E-state index contributed by atoms with van der Waals surface area (Å²) in [6, 6.07) is 7.34. The molecule has 1 saturated heterocycles. The average Bonchev–Trinajstić information content (AvgIpc) is 2.42. The van der Waals surface area contributed by atoms with Crippen molar-refractivity contribution < 1.29 is 0 Å². The van der Waals surface area contributed by atoms with Gasteiger partial charge in [0, 0.05) is 51.5 Å². The highest BCUT2D eigenvalue weighted by atomic mass is 15.2. The highest BCUT2D eigenvalue weighted by Gasteiger charge is 2.17. The summed E-state index contributed by atoms with van der Waals surface area (Å²) in [4.78, 5) is 4.95. The number of rotatable bonds is 4. The zero-order chi connectivity index (χ0) is 13.8. The molecule has 1 N–H and O–H groups in total. The fourth-order valence-corrected chi connectivity index (χ4v) is 2.70. The normalized spacial score (nSPS) is 18.3. The van der Waals surface area contributed by atoms with Gasteiger partial charge in [0.2, 0.25) is 0 Å². The van der Waals surface area contributed by atoms with Crippen LogP contribution in [0, 0.1) is 13.8 Å². The number of aryl methyl sites for hydroxylation is 2. The predicted molar refractivity (Wildman–Crippen MR) is 83.1 cm³/mol. The van der Waals surface area contributed by atoms with Crippen molar-refractivity contribution >= 4 is 5.69 Å². The van der Waals surface area contributed by atoms with Crippen LogP contribution in [-0.4, -0.2) is 50.7 Å². The van der Waals surface area contributed by atoms with Gasteiger partial charge in [0.1, 0.15) is 0 Å². The van der Waals surface area contributed by atoms with Crippen molar-refractivity contribution in [1.29, 1.82) is 0 Å². The lowest BCUT2D eigenvalue weighted by Crippen LogP contribution is -2.50. The van der Waals surface area contributed by atoms with E-state index in [1.54, 1.807) is 0 Å². The van der Waals surface area contributed by atoms with Crippen molar-refractivity contribution in [1.82, 2.24) is 10.2 Å². The van der Waals surface area contributed by atoms with Gasteiger partial charge in [-0.3, -0.25) is 4.90 Å². The van der Waals surface area contributed by atoms with Crippen molar-refractivity contribution in [3.8, 4) is 0 Å². The van der Waals surface area contributed by atoms with Crippen LogP contribution in [0.5, 0.6) is 0 Å². The summed E-state index contributed by atoms with van der Waals surface area (Å²) in [6.45, 7) is 12.4. The molecule has 0 saturated carbocycles. The lowest BCUT2D eigenvalue weighted by Gasteiger charge is -2.35. The number of benzene rings is 1. The molecule has 1 fully saturated rings. The van der Waals surface area contributed by atoms with Crippen LogP contribution < -0.4 is 10.2 Å². The monoisotopic (exact) mass is 261 g/mol. The van der Waals surface area contributed by atoms with Gasteiger partial charge in [0.25, 0.3) is 0 Å². The van der Waals surface area contributed by atoms with Crippen LogP contribution in [0.25, 0.3) is 0 Å². The minimum absolute atomic E-state index is 0.605. The van der Waals surface area contributed by atoms with E-state index in [1.165, 1.54) is 29.9 Å². The number of nitrogens with one attached hydrogen (secondary N) is 1. The molecule has 0 bridgehead atoms. The second-order valence-electron chi connectivity index (χ2n) is 5.78. The zero-order valence-electron chi connectivity index (χ0n) is 12.7. The van der Waals surface area contributed by atoms with E-state index in [0.717, 1.165) is 19.6 Å². The Morgan fingerprint density at radius 1 is 1.21 bits per heavy atom. The van der Waals surface area contributed by atoms with Gasteiger partial charge in [-0.05, 0) is 44.0 Å². The molecule has 1 atom stereocenters. The van der Waals surface area contributed by atoms with Gasteiger partial charge in [-0.2, -0.15) is 0 Å². The summed E-state index contributed by atoms with van der Waals surface area (Å²) < 4.78 is 0. The summed E-state index contributed by atoms with van der Waals surface area (Å²) in [5.41, 5.74) is 4.07. The summed E-state index contributed by atoms with van der Waals surface area (Å²) >= 11 is 0. The summed E-state index contributed by atoms with van der Waals surface area (Å²) in [7, 11) is 2.20.